The number of halogens is 2. The van der Waals surface area contributed by atoms with Gasteiger partial charge in [-0.05, 0) is 36.2 Å². The molecule has 0 aliphatic carbocycles. The molecule has 2 aromatic rings. The number of carbonyl (C=O) groups excluding carboxylic acids is 1. The van der Waals surface area contributed by atoms with Crippen LogP contribution >= 0.6 is 11.6 Å². The molecule has 0 aliphatic heterocycles. The number of amides is 1. The molecule has 0 aromatic heterocycles. The summed E-state index contributed by atoms with van der Waals surface area (Å²) in [6.45, 7) is 3.04. The first-order valence-electron chi connectivity index (χ1n) is 8.23. The SMILES string of the molecule is CN=C(NCCNC(=O)c1ccc(C)c(F)c1)NCc1ccccc1Cl. The van der Waals surface area contributed by atoms with E-state index in [4.69, 9.17) is 11.6 Å². The largest absolute Gasteiger partial charge is 0.355 e. The molecule has 0 radical (unpaired) electrons. The Balaban J connectivity index is 1.74. The van der Waals surface area contributed by atoms with Gasteiger partial charge in [-0.25, -0.2) is 4.39 Å². The standard InChI is InChI=1S/C19H22ClFN4O/c1-13-7-8-14(11-17(13)21)18(26)23-9-10-24-19(22-2)25-12-15-5-3-4-6-16(15)20/h3-8,11H,9-10,12H2,1-2H3,(H,23,26)(H2,22,24,25). The van der Waals surface area contributed by atoms with Crippen molar-refractivity contribution in [2.45, 2.75) is 13.5 Å². The maximum Gasteiger partial charge on any atom is 0.251 e. The summed E-state index contributed by atoms with van der Waals surface area (Å²) in [4.78, 5) is 16.1. The molecule has 0 unspecified atom stereocenters. The summed E-state index contributed by atoms with van der Waals surface area (Å²) in [6, 6.07) is 12.0. The fourth-order valence-electron chi connectivity index (χ4n) is 2.23. The average Bonchev–Trinajstić information content (AvgIpc) is 2.64. The van der Waals surface area contributed by atoms with E-state index < -0.39 is 0 Å². The molecule has 0 bridgehead atoms. The minimum atomic E-state index is -0.389. The number of benzene rings is 2. The molecular weight excluding hydrogens is 355 g/mol. The summed E-state index contributed by atoms with van der Waals surface area (Å²) < 4.78 is 13.5. The van der Waals surface area contributed by atoms with Gasteiger partial charge in [-0.1, -0.05) is 35.9 Å². The summed E-state index contributed by atoms with van der Waals surface area (Å²) in [5, 5.41) is 9.67. The zero-order valence-corrected chi connectivity index (χ0v) is 15.5. The number of carbonyl (C=O) groups is 1. The smallest absolute Gasteiger partial charge is 0.251 e. The lowest BCUT2D eigenvalue weighted by Gasteiger charge is -2.13. The summed E-state index contributed by atoms with van der Waals surface area (Å²) in [5.74, 6) is -0.106. The number of guanidine groups is 1. The van der Waals surface area contributed by atoms with Gasteiger partial charge in [0.25, 0.3) is 5.91 Å². The van der Waals surface area contributed by atoms with E-state index >= 15 is 0 Å². The van der Waals surface area contributed by atoms with E-state index in [2.05, 4.69) is 20.9 Å². The quantitative estimate of drug-likeness (QED) is 0.412. The van der Waals surface area contributed by atoms with Crippen molar-refractivity contribution in [2.75, 3.05) is 20.1 Å². The Bertz CT molecular complexity index is 795. The number of rotatable bonds is 6. The van der Waals surface area contributed by atoms with Crippen LogP contribution in [0.25, 0.3) is 0 Å². The van der Waals surface area contributed by atoms with Crippen LogP contribution in [0.15, 0.2) is 47.5 Å². The lowest BCUT2D eigenvalue weighted by Crippen LogP contribution is -2.41. The maximum atomic E-state index is 13.5. The molecule has 5 nitrogen and oxygen atoms in total. The maximum absolute atomic E-state index is 13.5. The molecule has 2 rings (SSSR count). The fourth-order valence-corrected chi connectivity index (χ4v) is 2.44. The Hall–Kier alpha value is -2.60. The Morgan fingerprint density at radius 1 is 1.12 bits per heavy atom. The van der Waals surface area contributed by atoms with Crippen molar-refractivity contribution in [2.24, 2.45) is 4.99 Å². The minimum absolute atomic E-state index is 0.300. The highest BCUT2D eigenvalue weighted by atomic mass is 35.5. The number of aryl methyl sites for hydroxylation is 1. The van der Waals surface area contributed by atoms with E-state index in [1.807, 2.05) is 24.3 Å². The summed E-state index contributed by atoms with van der Waals surface area (Å²) in [6.07, 6.45) is 0. The monoisotopic (exact) mass is 376 g/mol. The highest BCUT2D eigenvalue weighted by Crippen LogP contribution is 2.14. The average molecular weight is 377 g/mol. The van der Waals surface area contributed by atoms with Gasteiger partial charge >= 0.3 is 0 Å². The Kier molecular flexibility index (Phi) is 7.41. The lowest BCUT2D eigenvalue weighted by atomic mass is 10.1. The van der Waals surface area contributed by atoms with Gasteiger partial charge in [0.1, 0.15) is 5.82 Å². The molecule has 3 N–H and O–H groups in total. The van der Waals surface area contributed by atoms with Crippen LogP contribution in [-0.2, 0) is 6.54 Å². The third-order valence-electron chi connectivity index (χ3n) is 3.76. The number of nitrogens with zero attached hydrogens (tertiary/aromatic N) is 1. The molecule has 138 valence electrons. The Morgan fingerprint density at radius 3 is 2.54 bits per heavy atom. The molecule has 2 aromatic carbocycles. The number of nitrogens with one attached hydrogen (secondary N) is 3. The van der Waals surface area contributed by atoms with Crippen molar-refractivity contribution in [1.29, 1.82) is 0 Å². The van der Waals surface area contributed by atoms with Crippen molar-refractivity contribution in [1.82, 2.24) is 16.0 Å². The molecule has 0 spiro atoms. The second-order valence-electron chi connectivity index (χ2n) is 5.66. The van der Waals surface area contributed by atoms with Gasteiger partial charge in [-0.3, -0.25) is 9.79 Å². The van der Waals surface area contributed by atoms with Crippen LogP contribution in [0.3, 0.4) is 0 Å². The number of hydrogen-bond donors (Lipinski definition) is 3. The second-order valence-corrected chi connectivity index (χ2v) is 6.07. The van der Waals surface area contributed by atoms with E-state index in [9.17, 15) is 9.18 Å². The number of hydrogen-bond acceptors (Lipinski definition) is 2. The van der Waals surface area contributed by atoms with Crippen LogP contribution < -0.4 is 16.0 Å². The molecule has 0 saturated heterocycles. The van der Waals surface area contributed by atoms with Crippen molar-refractivity contribution in [3.63, 3.8) is 0 Å². The highest BCUT2D eigenvalue weighted by Gasteiger charge is 2.07. The van der Waals surface area contributed by atoms with Crippen LogP contribution in [0.1, 0.15) is 21.5 Å². The van der Waals surface area contributed by atoms with Crippen LogP contribution in [0.2, 0.25) is 5.02 Å². The fraction of sp³-hybridized carbons (Fsp3) is 0.263. The van der Waals surface area contributed by atoms with Crippen LogP contribution in [-0.4, -0.2) is 32.0 Å². The van der Waals surface area contributed by atoms with Crippen LogP contribution in [0.5, 0.6) is 0 Å². The summed E-state index contributed by atoms with van der Waals surface area (Å²) >= 11 is 6.12. The molecule has 1 amide bonds. The molecular formula is C19H22ClFN4O. The first-order valence-corrected chi connectivity index (χ1v) is 8.61. The first kappa shape index (κ1) is 19.7. The normalized spacial score (nSPS) is 11.2. The predicted octanol–water partition coefficient (Wildman–Crippen LogP) is 2.88. The zero-order valence-electron chi connectivity index (χ0n) is 14.8. The van der Waals surface area contributed by atoms with Gasteiger partial charge in [-0.15, -0.1) is 0 Å². The van der Waals surface area contributed by atoms with Gasteiger partial charge < -0.3 is 16.0 Å². The minimum Gasteiger partial charge on any atom is -0.355 e. The topological polar surface area (TPSA) is 65.5 Å². The Labute approximate surface area is 157 Å². The van der Waals surface area contributed by atoms with E-state index in [1.54, 1.807) is 26.1 Å². The third-order valence-corrected chi connectivity index (χ3v) is 4.13. The molecule has 26 heavy (non-hydrogen) atoms. The summed E-state index contributed by atoms with van der Waals surface area (Å²) in [7, 11) is 1.66. The van der Waals surface area contributed by atoms with Crippen molar-refractivity contribution < 1.29 is 9.18 Å². The predicted molar refractivity (Wildman–Crippen MR) is 103 cm³/mol. The first-order chi connectivity index (χ1) is 12.5. The second kappa shape index (κ2) is 9.77. The zero-order chi connectivity index (χ0) is 18.9. The van der Waals surface area contributed by atoms with Crippen molar-refractivity contribution in [3.8, 4) is 0 Å². The van der Waals surface area contributed by atoms with Crippen molar-refractivity contribution >= 4 is 23.5 Å². The molecule has 0 aliphatic rings. The molecule has 7 heteroatoms. The van der Waals surface area contributed by atoms with E-state index in [1.165, 1.54) is 6.07 Å². The van der Waals surface area contributed by atoms with Crippen LogP contribution in [0, 0.1) is 12.7 Å². The van der Waals surface area contributed by atoms with Gasteiger partial charge in [0.15, 0.2) is 5.96 Å². The van der Waals surface area contributed by atoms with Gasteiger partial charge in [0, 0.05) is 37.3 Å². The molecule has 0 heterocycles. The molecule has 0 saturated carbocycles. The Morgan fingerprint density at radius 2 is 1.85 bits per heavy atom. The third kappa shape index (κ3) is 5.74. The van der Waals surface area contributed by atoms with Gasteiger partial charge in [0.2, 0.25) is 0 Å². The lowest BCUT2D eigenvalue weighted by molar-refractivity contribution is 0.0954. The summed E-state index contributed by atoms with van der Waals surface area (Å²) in [5.41, 5.74) is 1.78. The molecule has 0 fully saturated rings. The molecule has 0 atom stereocenters. The van der Waals surface area contributed by atoms with E-state index in [-0.39, 0.29) is 11.7 Å². The van der Waals surface area contributed by atoms with Gasteiger partial charge in [0.05, 0.1) is 0 Å². The van der Waals surface area contributed by atoms with E-state index in [0.29, 0.717) is 41.7 Å². The van der Waals surface area contributed by atoms with E-state index in [0.717, 1.165) is 5.56 Å². The number of aliphatic imine (C=N–C) groups is 1. The highest BCUT2D eigenvalue weighted by molar-refractivity contribution is 6.31. The van der Waals surface area contributed by atoms with Crippen LogP contribution in [0.4, 0.5) is 4.39 Å². The van der Waals surface area contributed by atoms with Crippen molar-refractivity contribution in [3.05, 3.63) is 70.0 Å². The van der Waals surface area contributed by atoms with Gasteiger partial charge in [-0.2, -0.15) is 0 Å².